The van der Waals surface area contributed by atoms with E-state index >= 15 is 0 Å². The number of hydrogen-bond donors (Lipinski definition) is 1. The first kappa shape index (κ1) is 13.7. The van der Waals surface area contributed by atoms with Crippen LogP contribution in [0.4, 0.5) is 0 Å². The van der Waals surface area contributed by atoms with E-state index in [1.54, 1.807) is 0 Å². The van der Waals surface area contributed by atoms with Crippen LogP contribution in [0.3, 0.4) is 0 Å². The van der Waals surface area contributed by atoms with Gasteiger partial charge in [-0.2, -0.15) is 0 Å². The van der Waals surface area contributed by atoms with E-state index in [9.17, 15) is 0 Å². The summed E-state index contributed by atoms with van der Waals surface area (Å²) in [7, 11) is 0. The van der Waals surface area contributed by atoms with E-state index in [1.165, 1.54) is 57.8 Å². The molecule has 1 saturated heterocycles. The minimum atomic E-state index is 0.507. The summed E-state index contributed by atoms with van der Waals surface area (Å²) in [6.07, 6.45) is 11.8. The molecular formula is C15H29N3. The second-order valence-corrected chi connectivity index (χ2v) is 6.00. The van der Waals surface area contributed by atoms with Gasteiger partial charge in [-0.25, -0.2) is 4.99 Å². The average molecular weight is 251 g/mol. The molecule has 2 N–H and O–H groups in total. The Morgan fingerprint density at radius 2 is 1.78 bits per heavy atom. The highest BCUT2D eigenvalue weighted by atomic mass is 15.3. The van der Waals surface area contributed by atoms with E-state index in [2.05, 4.69) is 11.8 Å². The monoisotopic (exact) mass is 251 g/mol. The second kappa shape index (κ2) is 7.01. The van der Waals surface area contributed by atoms with Gasteiger partial charge in [0, 0.05) is 13.1 Å². The first-order valence-corrected chi connectivity index (χ1v) is 7.87. The highest BCUT2D eigenvalue weighted by Crippen LogP contribution is 2.23. The Labute approximate surface area is 112 Å². The Hall–Kier alpha value is -0.730. The van der Waals surface area contributed by atoms with E-state index in [1.807, 2.05) is 0 Å². The number of piperidine rings is 1. The normalized spacial score (nSPS) is 24.5. The lowest BCUT2D eigenvalue weighted by molar-refractivity contribution is 0.251. The number of aliphatic imine (C=N–C) groups is 1. The Balaban J connectivity index is 1.79. The number of likely N-dealkylation sites (tertiary alicyclic amines) is 1. The van der Waals surface area contributed by atoms with E-state index in [0.29, 0.717) is 6.04 Å². The highest BCUT2D eigenvalue weighted by molar-refractivity contribution is 5.78. The molecule has 0 unspecified atom stereocenters. The van der Waals surface area contributed by atoms with Crippen molar-refractivity contribution in [3.8, 4) is 0 Å². The molecular weight excluding hydrogens is 222 g/mol. The van der Waals surface area contributed by atoms with E-state index in [0.717, 1.165) is 25.0 Å². The predicted molar refractivity (Wildman–Crippen MR) is 77.7 cm³/mol. The molecule has 0 bridgehead atoms. The molecule has 0 radical (unpaired) electrons. The lowest BCUT2D eigenvalue weighted by Crippen LogP contribution is -2.43. The maximum atomic E-state index is 6.17. The van der Waals surface area contributed by atoms with Gasteiger partial charge in [-0.15, -0.1) is 0 Å². The van der Waals surface area contributed by atoms with Gasteiger partial charge in [0.1, 0.15) is 0 Å². The van der Waals surface area contributed by atoms with Crippen LogP contribution in [0, 0.1) is 5.92 Å². The molecule has 18 heavy (non-hydrogen) atoms. The summed E-state index contributed by atoms with van der Waals surface area (Å²) in [5.74, 6) is 1.74. The minimum Gasteiger partial charge on any atom is -0.370 e. The third-order valence-corrected chi connectivity index (χ3v) is 4.52. The summed E-state index contributed by atoms with van der Waals surface area (Å²) in [6, 6.07) is 0.507. The van der Waals surface area contributed by atoms with Gasteiger partial charge in [0.2, 0.25) is 0 Å². The maximum Gasteiger partial charge on any atom is 0.191 e. The molecule has 0 atom stereocenters. The van der Waals surface area contributed by atoms with Crippen molar-refractivity contribution in [2.75, 3.05) is 13.1 Å². The smallest absolute Gasteiger partial charge is 0.191 e. The number of guanidine groups is 1. The molecule has 2 fully saturated rings. The molecule has 2 aliphatic rings. The molecule has 2 rings (SSSR count). The van der Waals surface area contributed by atoms with Gasteiger partial charge in [-0.05, 0) is 31.6 Å². The molecule has 1 aliphatic carbocycles. The zero-order valence-corrected chi connectivity index (χ0v) is 11.9. The van der Waals surface area contributed by atoms with Crippen LogP contribution in [-0.2, 0) is 0 Å². The van der Waals surface area contributed by atoms with Gasteiger partial charge >= 0.3 is 0 Å². The highest BCUT2D eigenvalue weighted by Gasteiger charge is 2.21. The zero-order valence-electron chi connectivity index (χ0n) is 11.9. The fourth-order valence-electron chi connectivity index (χ4n) is 3.34. The van der Waals surface area contributed by atoms with Crippen molar-refractivity contribution in [3.63, 3.8) is 0 Å². The number of nitrogens with zero attached hydrogens (tertiary/aromatic N) is 2. The Kier molecular flexibility index (Phi) is 5.33. The Morgan fingerprint density at radius 1 is 1.11 bits per heavy atom. The molecule has 3 heteroatoms. The first-order chi connectivity index (χ1) is 8.79. The molecule has 3 nitrogen and oxygen atoms in total. The van der Waals surface area contributed by atoms with Crippen LogP contribution in [0.1, 0.15) is 64.7 Å². The summed E-state index contributed by atoms with van der Waals surface area (Å²) in [4.78, 5) is 7.06. The Bertz CT molecular complexity index is 261. The van der Waals surface area contributed by atoms with Gasteiger partial charge in [0.05, 0.1) is 6.04 Å². The molecule has 0 aromatic carbocycles. The summed E-state index contributed by atoms with van der Waals surface area (Å²) in [5, 5.41) is 0. The largest absolute Gasteiger partial charge is 0.370 e. The van der Waals surface area contributed by atoms with Gasteiger partial charge in [-0.1, -0.05) is 39.0 Å². The van der Waals surface area contributed by atoms with Crippen molar-refractivity contribution in [2.24, 2.45) is 16.6 Å². The standard InChI is InChI=1S/C15H29N3/c1-2-6-13-9-11-18(12-10-13)15(16)17-14-7-4-3-5-8-14/h13-14H,2-12H2,1H3,(H2,16,17). The second-order valence-electron chi connectivity index (χ2n) is 6.00. The maximum absolute atomic E-state index is 6.17. The Morgan fingerprint density at radius 3 is 2.39 bits per heavy atom. The SMILES string of the molecule is CCCC1CCN(C(N)=NC2CCCCC2)CC1. The molecule has 104 valence electrons. The summed E-state index contributed by atoms with van der Waals surface area (Å²) in [5.41, 5.74) is 6.17. The number of nitrogens with two attached hydrogens (primary N) is 1. The molecule has 0 spiro atoms. The van der Waals surface area contributed by atoms with Crippen molar-refractivity contribution in [1.82, 2.24) is 4.90 Å². The predicted octanol–water partition coefficient (Wildman–Crippen LogP) is 3.15. The van der Waals surface area contributed by atoms with Crippen LogP contribution in [-0.4, -0.2) is 30.0 Å². The third-order valence-electron chi connectivity index (χ3n) is 4.52. The lowest BCUT2D eigenvalue weighted by Gasteiger charge is -2.33. The van der Waals surface area contributed by atoms with Crippen molar-refractivity contribution in [2.45, 2.75) is 70.8 Å². The first-order valence-electron chi connectivity index (χ1n) is 7.87. The molecule has 0 aromatic rings. The molecule has 0 aromatic heterocycles. The van der Waals surface area contributed by atoms with Crippen LogP contribution in [0.25, 0.3) is 0 Å². The van der Waals surface area contributed by atoms with Crippen LogP contribution >= 0.6 is 0 Å². The van der Waals surface area contributed by atoms with Crippen LogP contribution in [0.5, 0.6) is 0 Å². The minimum absolute atomic E-state index is 0.507. The number of rotatable bonds is 3. The van der Waals surface area contributed by atoms with E-state index < -0.39 is 0 Å². The van der Waals surface area contributed by atoms with Gasteiger partial charge in [-0.3, -0.25) is 0 Å². The van der Waals surface area contributed by atoms with Crippen LogP contribution in [0.2, 0.25) is 0 Å². The topological polar surface area (TPSA) is 41.6 Å². The summed E-state index contributed by atoms with van der Waals surface area (Å²) < 4.78 is 0. The van der Waals surface area contributed by atoms with Crippen molar-refractivity contribution in [1.29, 1.82) is 0 Å². The summed E-state index contributed by atoms with van der Waals surface area (Å²) >= 11 is 0. The fourth-order valence-corrected chi connectivity index (χ4v) is 3.34. The molecule has 0 amide bonds. The van der Waals surface area contributed by atoms with Gasteiger partial charge < -0.3 is 10.6 Å². The lowest BCUT2D eigenvalue weighted by atomic mass is 9.92. The number of hydrogen-bond acceptors (Lipinski definition) is 1. The van der Waals surface area contributed by atoms with Crippen molar-refractivity contribution in [3.05, 3.63) is 0 Å². The van der Waals surface area contributed by atoms with Crippen LogP contribution in [0.15, 0.2) is 4.99 Å². The summed E-state index contributed by atoms with van der Waals surface area (Å²) in [6.45, 7) is 4.52. The van der Waals surface area contributed by atoms with E-state index in [4.69, 9.17) is 10.7 Å². The molecule has 1 aliphatic heterocycles. The van der Waals surface area contributed by atoms with Crippen molar-refractivity contribution < 1.29 is 0 Å². The quantitative estimate of drug-likeness (QED) is 0.618. The average Bonchev–Trinajstić information content (AvgIpc) is 2.41. The third kappa shape index (κ3) is 3.89. The fraction of sp³-hybridized carbons (Fsp3) is 0.933. The van der Waals surface area contributed by atoms with Gasteiger partial charge in [0.25, 0.3) is 0 Å². The van der Waals surface area contributed by atoms with Gasteiger partial charge in [0.15, 0.2) is 5.96 Å². The molecule has 1 heterocycles. The van der Waals surface area contributed by atoms with Crippen molar-refractivity contribution >= 4 is 5.96 Å². The molecule has 1 saturated carbocycles. The van der Waals surface area contributed by atoms with E-state index in [-0.39, 0.29) is 0 Å². The zero-order chi connectivity index (χ0) is 12.8. The van der Waals surface area contributed by atoms with Crippen LogP contribution < -0.4 is 5.73 Å².